The molecular weight excluding hydrogens is 280 g/mol. The van der Waals surface area contributed by atoms with E-state index in [-0.39, 0.29) is 6.04 Å². The summed E-state index contributed by atoms with van der Waals surface area (Å²) in [5, 5.41) is 4.90. The van der Waals surface area contributed by atoms with Crippen molar-refractivity contribution in [3.8, 4) is 0 Å². The fourth-order valence-corrected chi connectivity index (χ4v) is 5.42. The SMILES string of the molecule is CNCc1sccc1S(=O)(=O)N(CC(C)C)C1CC1. The molecule has 2 rings (SSSR count). The van der Waals surface area contributed by atoms with Crippen molar-refractivity contribution in [2.24, 2.45) is 5.92 Å². The third-order valence-electron chi connectivity index (χ3n) is 3.13. The zero-order valence-corrected chi connectivity index (χ0v) is 13.4. The van der Waals surface area contributed by atoms with Crippen molar-refractivity contribution < 1.29 is 8.42 Å². The zero-order chi connectivity index (χ0) is 14.0. The van der Waals surface area contributed by atoms with Gasteiger partial charge in [-0.1, -0.05) is 13.8 Å². The summed E-state index contributed by atoms with van der Waals surface area (Å²) in [4.78, 5) is 1.39. The van der Waals surface area contributed by atoms with Crippen molar-refractivity contribution in [3.63, 3.8) is 0 Å². The molecule has 0 radical (unpaired) electrons. The Morgan fingerprint density at radius 1 is 1.47 bits per heavy atom. The van der Waals surface area contributed by atoms with E-state index in [4.69, 9.17) is 0 Å². The molecule has 1 N–H and O–H groups in total. The second kappa shape index (κ2) is 5.91. The van der Waals surface area contributed by atoms with Crippen LogP contribution in [0, 0.1) is 5.92 Å². The lowest BCUT2D eigenvalue weighted by Gasteiger charge is -2.23. The Hall–Kier alpha value is -0.430. The molecule has 1 saturated carbocycles. The minimum Gasteiger partial charge on any atom is -0.315 e. The first kappa shape index (κ1) is 15.0. The molecule has 6 heteroatoms. The van der Waals surface area contributed by atoms with Gasteiger partial charge < -0.3 is 5.32 Å². The fraction of sp³-hybridized carbons (Fsp3) is 0.692. The Labute approximate surface area is 119 Å². The molecule has 1 aliphatic carbocycles. The van der Waals surface area contributed by atoms with Crippen molar-refractivity contribution in [3.05, 3.63) is 16.3 Å². The Kier molecular flexibility index (Phi) is 4.66. The van der Waals surface area contributed by atoms with E-state index < -0.39 is 10.0 Å². The largest absolute Gasteiger partial charge is 0.315 e. The maximum absolute atomic E-state index is 12.8. The second-order valence-electron chi connectivity index (χ2n) is 5.44. The van der Waals surface area contributed by atoms with E-state index in [1.807, 2.05) is 12.4 Å². The molecule has 0 aliphatic heterocycles. The first-order chi connectivity index (χ1) is 8.96. The number of nitrogens with zero attached hydrogens (tertiary/aromatic N) is 1. The molecule has 1 aromatic heterocycles. The van der Waals surface area contributed by atoms with Crippen LogP contribution in [0.1, 0.15) is 31.6 Å². The highest BCUT2D eigenvalue weighted by Crippen LogP contribution is 2.34. The lowest BCUT2D eigenvalue weighted by atomic mass is 10.2. The monoisotopic (exact) mass is 302 g/mol. The Bertz CT molecular complexity index is 519. The molecule has 0 amide bonds. The molecule has 108 valence electrons. The van der Waals surface area contributed by atoms with Crippen molar-refractivity contribution in [2.45, 2.75) is 44.2 Å². The molecule has 0 atom stereocenters. The van der Waals surface area contributed by atoms with Gasteiger partial charge in [0.15, 0.2) is 0 Å². The average molecular weight is 302 g/mol. The van der Waals surface area contributed by atoms with E-state index in [1.165, 1.54) is 11.3 Å². The number of hydrogen-bond acceptors (Lipinski definition) is 4. The standard InChI is InChI=1S/C13H22N2O2S2/c1-10(2)9-15(11-4-5-11)19(16,17)13-6-7-18-12(13)8-14-3/h6-7,10-11,14H,4-5,8-9H2,1-3H3. The number of sulfonamides is 1. The molecule has 1 aliphatic rings. The molecule has 0 bridgehead atoms. The molecule has 1 fully saturated rings. The van der Waals surface area contributed by atoms with Crippen LogP contribution in [-0.2, 0) is 16.6 Å². The number of nitrogens with one attached hydrogen (secondary N) is 1. The number of thiophene rings is 1. The summed E-state index contributed by atoms with van der Waals surface area (Å²) in [6.07, 6.45) is 1.99. The highest BCUT2D eigenvalue weighted by Gasteiger charge is 2.39. The van der Waals surface area contributed by atoms with Crippen molar-refractivity contribution in [2.75, 3.05) is 13.6 Å². The Morgan fingerprint density at radius 3 is 2.68 bits per heavy atom. The maximum Gasteiger partial charge on any atom is 0.244 e. The number of rotatable bonds is 7. The van der Waals surface area contributed by atoms with Crippen LogP contribution >= 0.6 is 11.3 Å². The summed E-state index contributed by atoms with van der Waals surface area (Å²) < 4.78 is 27.3. The molecule has 1 heterocycles. The van der Waals surface area contributed by atoms with E-state index in [2.05, 4.69) is 19.2 Å². The Balaban J connectivity index is 2.30. The van der Waals surface area contributed by atoms with Gasteiger partial charge in [-0.3, -0.25) is 0 Å². The predicted molar refractivity (Wildman–Crippen MR) is 78.8 cm³/mol. The molecule has 4 nitrogen and oxygen atoms in total. The predicted octanol–water partition coefficient (Wildman–Crippen LogP) is 2.28. The summed E-state index contributed by atoms with van der Waals surface area (Å²) in [6.45, 7) is 5.34. The van der Waals surface area contributed by atoms with Crippen LogP contribution in [0.5, 0.6) is 0 Å². The topological polar surface area (TPSA) is 49.4 Å². The lowest BCUT2D eigenvalue weighted by molar-refractivity contribution is 0.360. The summed E-state index contributed by atoms with van der Waals surface area (Å²) >= 11 is 1.50. The highest BCUT2D eigenvalue weighted by atomic mass is 32.2. The third-order valence-corrected chi connectivity index (χ3v) is 6.18. The smallest absolute Gasteiger partial charge is 0.244 e. The second-order valence-corrected chi connectivity index (χ2v) is 8.30. The summed E-state index contributed by atoms with van der Waals surface area (Å²) in [5.41, 5.74) is 0. The van der Waals surface area contributed by atoms with E-state index >= 15 is 0 Å². The van der Waals surface area contributed by atoms with Crippen LogP contribution in [0.15, 0.2) is 16.3 Å². The first-order valence-electron chi connectivity index (χ1n) is 6.69. The molecule has 0 aromatic carbocycles. The van der Waals surface area contributed by atoms with Crippen molar-refractivity contribution in [1.82, 2.24) is 9.62 Å². The van der Waals surface area contributed by atoms with Crippen LogP contribution < -0.4 is 5.32 Å². The molecular formula is C13H22N2O2S2. The van der Waals surface area contributed by atoms with Gasteiger partial charge in [0.1, 0.15) is 0 Å². The van der Waals surface area contributed by atoms with E-state index in [0.717, 1.165) is 17.7 Å². The molecule has 1 aromatic rings. The Morgan fingerprint density at radius 2 is 2.16 bits per heavy atom. The van der Waals surface area contributed by atoms with Crippen molar-refractivity contribution >= 4 is 21.4 Å². The van der Waals surface area contributed by atoms with Crippen LogP contribution in [0.3, 0.4) is 0 Å². The van der Waals surface area contributed by atoms with Crippen LogP contribution in [0.25, 0.3) is 0 Å². The number of hydrogen-bond donors (Lipinski definition) is 1. The summed E-state index contributed by atoms with van der Waals surface area (Å²) in [5.74, 6) is 0.349. The lowest BCUT2D eigenvalue weighted by Crippen LogP contribution is -2.36. The fourth-order valence-electron chi connectivity index (χ4n) is 2.14. The average Bonchev–Trinajstić information content (AvgIpc) is 3.05. The minimum absolute atomic E-state index is 0.217. The quantitative estimate of drug-likeness (QED) is 0.840. The van der Waals surface area contributed by atoms with Gasteiger partial charge in [-0.05, 0) is 37.3 Å². The molecule has 0 spiro atoms. The van der Waals surface area contributed by atoms with Crippen LogP contribution in [0.2, 0.25) is 0 Å². The molecule has 0 unspecified atom stereocenters. The van der Waals surface area contributed by atoms with E-state index in [0.29, 0.717) is 23.9 Å². The van der Waals surface area contributed by atoms with Gasteiger partial charge in [0, 0.05) is 24.0 Å². The van der Waals surface area contributed by atoms with Gasteiger partial charge >= 0.3 is 0 Å². The highest BCUT2D eigenvalue weighted by molar-refractivity contribution is 7.89. The summed E-state index contributed by atoms with van der Waals surface area (Å²) in [6, 6.07) is 1.96. The van der Waals surface area contributed by atoms with Gasteiger partial charge in [-0.2, -0.15) is 4.31 Å². The van der Waals surface area contributed by atoms with Gasteiger partial charge in [-0.25, -0.2) is 8.42 Å². The maximum atomic E-state index is 12.8. The van der Waals surface area contributed by atoms with Gasteiger partial charge in [0.25, 0.3) is 0 Å². The van der Waals surface area contributed by atoms with E-state index in [1.54, 1.807) is 10.4 Å². The van der Waals surface area contributed by atoms with Gasteiger partial charge in [-0.15, -0.1) is 11.3 Å². The molecule has 19 heavy (non-hydrogen) atoms. The van der Waals surface area contributed by atoms with Crippen molar-refractivity contribution in [1.29, 1.82) is 0 Å². The van der Waals surface area contributed by atoms with E-state index in [9.17, 15) is 8.42 Å². The summed E-state index contributed by atoms with van der Waals surface area (Å²) in [7, 11) is -1.50. The normalized spacial score (nSPS) is 16.5. The van der Waals surface area contributed by atoms with Gasteiger partial charge in [0.2, 0.25) is 10.0 Å². The van der Waals surface area contributed by atoms with Gasteiger partial charge in [0.05, 0.1) is 4.90 Å². The third kappa shape index (κ3) is 3.37. The van der Waals surface area contributed by atoms with Crippen LogP contribution in [-0.4, -0.2) is 32.4 Å². The molecule has 0 saturated heterocycles. The zero-order valence-electron chi connectivity index (χ0n) is 11.7. The minimum atomic E-state index is -3.34. The van der Waals surface area contributed by atoms with Crippen LogP contribution in [0.4, 0.5) is 0 Å². The first-order valence-corrected chi connectivity index (χ1v) is 9.01.